The highest BCUT2D eigenvalue weighted by Gasteiger charge is 2.15. The Morgan fingerprint density at radius 1 is 1.35 bits per heavy atom. The number of phenolic OH excluding ortho intramolecular Hbond substituents is 1. The van der Waals surface area contributed by atoms with Crippen LogP contribution in [0, 0.1) is 6.92 Å². The van der Waals surface area contributed by atoms with Gasteiger partial charge in [-0.25, -0.2) is 0 Å². The molecule has 0 atom stereocenters. The Hall–Kier alpha value is -1.72. The third-order valence-electron chi connectivity index (χ3n) is 2.71. The Balaban J connectivity index is 2.35. The number of anilines is 2. The molecule has 2 rings (SSSR count). The molecule has 0 unspecified atom stereocenters. The van der Waals surface area contributed by atoms with Crippen LogP contribution in [0.15, 0.2) is 34.8 Å². The van der Waals surface area contributed by atoms with Gasteiger partial charge < -0.3 is 16.2 Å². The first-order valence-electron chi connectivity index (χ1n) is 5.74. The van der Waals surface area contributed by atoms with E-state index in [1.54, 1.807) is 6.07 Å². The summed E-state index contributed by atoms with van der Waals surface area (Å²) in [5, 5.41) is 12.7. The van der Waals surface area contributed by atoms with Gasteiger partial charge in [-0.05, 0) is 58.7 Å². The maximum absolute atomic E-state index is 12.2. The highest BCUT2D eigenvalue weighted by Crippen LogP contribution is 2.31. The van der Waals surface area contributed by atoms with Gasteiger partial charge >= 0.3 is 0 Å². The van der Waals surface area contributed by atoms with Crippen molar-refractivity contribution >= 4 is 44.8 Å². The fourth-order valence-corrected chi connectivity index (χ4v) is 2.63. The van der Waals surface area contributed by atoms with E-state index < -0.39 is 5.91 Å². The molecule has 0 aliphatic rings. The minimum Gasteiger partial charge on any atom is -0.507 e. The van der Waals surface area contributed by atoms with Crippen molar-refractivity contribution in [2.75, 3.05) is 11.1 Å². The summed E-state index contributed by atoms with van der Waals surface area (Å²) >= 11 is 9.17. The molecule has 104 valence electrons. The first kappa shape index (κ1) is 14.7. The largest absolute Gasteiger partial charge is 0.507 e. The van der Waals surface area contributed by atoms with Crippen LogP contribution in [0.3, 0.4) is 0 Å². The van der Waals surface area contributed by atoms with E-state index >= 15 is 0 Å². The topological polar surface area (TPSA) is 75.3 Å². The van der Waals surface area contributed by atoms with Crippen LogP contribution in [-0.2, 0) is 0 Å². The summed E-state index contributed by atoms with van der Waals surface area (Å²) in [7, 11) is 0. The van der Waals surface area contributed by atoms with Crippen molar-refractivity contribution in [3.05, 3.63) is 51.0 Å². The number of amides is 1. The summed E-state index contributed by atoms with van der Waals surface area (Å²) in [6.45, 7) is 1.90. The van der Waals surface area contributed by atoms with Crippen LogP contribution in [0.4, 0.5) is 11.4 Å². The molecule has 2 aromatic rings. The van der Waals surface area contributed by atoms with Crippen LogP contribution in [0.2, 0.25) is 5.02 Å². The zero-order valence-electron chi connectivity index (χ0n) is 10.6. The number of nitrogens with one attached hydrogen (secondary N) is 1. The Morgan fingerprint density at radius 2 is 2.05 bits per heavy atom. The highest BCUT2D eigenvalue weighted by molar-refractivity contribution is 9.10. The number of rotatable bonds is 2. The summed E-state index contributed by atoms with van der Waals surface area (Å²) < 4.78 is 0.671. The Morgan fingerprint density at radius 3 is 2.70 bits per heavy atom. The van der Waals surface area contributed by atoms with Gasteiger partial charge in [-0.2, -0.15) is 0 Å². The van der Waals surface area contributed by atoms with Gasteiger partial charge in [0.25, 0.3) is 5.91 Å². The van der Waals surface area contributed by atoms with Gasteiger partial charge in [0, 0.05) is 9.50 Å². The van der Waals surface area contributed by atoms with Crippen molar-refractivity contribution < 1.29 is 9.90 Å². The summed E-state index contributed by atoms with van der Waals surface area (Å²) in [6, 6.07) is 7.85. The number of nitrogens with two attached hydrogens (primary N) is 1. The average Bonchev–Trinajstić information content (AvgIpc) is 2.36. The van der Waals surface area contributed by atoms with Gasteiger partial charge in [0.05, 0.1) is 16.9 Å². The third kappa shape index (κ3) is 3.05. The van der Waals surface area contributed by atoms with E-state index in [2.05, 4.69) is 21.2 Å². The predicted octanol–water partition coefficient (Wildman–Crippen LogP) is 3.95. The van der Waals surface area contributed by atoms with Crippen LogP contribution in [-0.4, -0.2) is 11.0 Å². The molecule has 0 aliphatic carbocycles. The molecule has 4 nitrogen and oxygen atoms in total. The molecule has 0 fully saturated rings. The van der Waals surface area contributed by atoms with E-state index in [0.717, 1.165) is 5.56 Å². The Bertz CT molecular complexity index is 666. The van der Waals surface area contributed by atoms with Gasteiger partial charge in [-0.15, -0.1) is 0 Å². The lowest BCUT2D eigenvalue weighted by Gasteiger charge is -2.12. The molecular formula is C14H12BrClN2O2. The summed E-state index contributed by atoms with van der Waals surface area (Å²) in [4.78, 5) is 12.2. The highest BCUT2D eigenvalue weighted by atomic mass is 79.9. The molecule has 0 aliphatic heterocycles. The number of carbonyl (C=O) groups excluding carboxylic acids is 1. The minimum absolute atomic E-state index is 0.0874. The minimum atomic E-state index is -0.485. The molecule has 4 N–H and O–H groups in total. The number of hydrogen-bond acceptors (Lipinski definition) is 3. The second-order valence-corrected chi connectivity index (χ2v) is 5.62. The molecule has 0 saturated heterocycles. The molecule has 1 amide bonds. The van der Waals surface area contributed by atoms with E-state index in [9.17, 15) is 9.90 Å². The van der Waals surface area contributed by atoms with E-state index in [0.29, 0.717) is 20.9 Å². The van der Waals surface area contributed by atoms with Crippen molar-refractivity contribution in [2.24, 2.45) is 0 Å². The van der Waals surface area contributed by atoms with Crippen molar-refractivity contribution in [2.45, 2.75) is 6.92 Å². The monoisotopic (exact) mass is 354 g/mol. The lowest BCUT2D eigenvalue weighted by atomic mass is 10.1. The summed E-state index contributed by atoms with van der Waals surface area (Å²) in [6.07, 6.45) is 0. The predicted molar refractivity (Wildman–Crippen MR) is 84.4 cm³/mol. The number of aromatic hydroxyl groups is 1. The van der Waals surface area contributed by atoms with Crippen LogP contribution in [0.25, 0.3) is 0 Å². The van der Waals surface area contributed by atoms with Gasteiger partial charge in [-0.1, -0.05) is 11.6 Å². The van der Waals surface area contributed by atoms with E-state index in [-0.39, 0.29) is 11.3 Å². The molecule has 0 radical (unpaired) electrons. The molecular weight excluding hydrogens is 344 g/mol. The Kier molecular flexibility index (Phi) is 4.20. The van der Waals surface area contributed by atoms with Gasteiger partial charge in [0.1, 0.15) is 5.75 Å². The van der Waals surface area contributed by atoms with Crippen LogP contribution in [0.1, 0.15) is 15.9 Å². The molecule has 20 heavy (non-hydrogen) atoms. The molecule has 0 bridgehead atoms. The van der Waals surface area contributed by atoms with Crippen molar-refractivity contribution in [3.63, 3.8) is 0 Å². The van der Waals surface area contributed by atoms with Gasteiger partial charge in [-0.3, -0.25) is 4.79 Å². The molecule has 0 spiro atoms. The number of carbonyl (C=O) groups is 1. The van der Waals surface area contributed by atoms with Crippen molar-refractivity contribution in [1.29, 1.82) is 0 Å². The number of benzene rings is 2. The second-order valence-electron chi connectivity index (χ2n) is 4.33. The number of nitrogen functional groups attached to an aromatic ring is 1. The normalized spacial score (nSPS) is 10.3. The number of hydrogen-bond donors (Lipinski definition) is 3. The average molecular weight is 356 g/mol. The molecule has 0 heterocycles. The standard InChI is InChI=1S/C14H12BrClN2O2/c1-7-4-10(15)13(11(17)5-7)18-14(20)9-6-8(16)2-3-12(9)19/h2-6,19H,17H2,1H3,(H,18,20). The van der Waals surface area contributed by atoms with Gasteiger partial charge in [0.2, 0.25) is 0 Å². The fraction of sp³-hybridized carbons (Fsp3) is 0.0714. The lowest BCUT2D eigenvalue weighted by molar-refractivity contribution is 0.102. The first-order valence-corrected chi connectivity index (χ1v) is 6.91. The number of aryl methyl sites for hydroxylation is 1. The van der Waals surface area contributed by atoms with Crippen molar-refractivity contribution in [3.8, 4) is 5.75 Å². The van der Waals surface area contributed by atoms with Gasteiger partial charge in [0.15, 0.2) is 0 Å². The Labute approximate surface area is 129 Å². The third-order valence-corrected chi connectivity index (χ3v) is 3.57. The van der Waals surface area contributed by atoms with E-state index in [1.807, 2.05) is 13.0 Å². The zero-order valence-corrected chi connectivity index (χ0v) is 12.9. The second kappa shape index (κ2) is 5.73. The maximum Gasteiger partial charge on any atom is 0.259 e. The van der Waals surface area contributed by atoms with Crippen LogP contribution < -0.4 is 11.1 Å². The maximum atomic E-state index is 12.2. The molecule has 2 aromatic carbocycles. The number of phenols is 1. The molecule has 6 heteroatoms. The molecule has 0 saturated carbocycles. The lowest BCUT2D eigenvalue weighted by Crippen LogP contribution is -2.14. The van der Waals surface area contributed by atoms with E-state index in [4.69, 9.17) is 17.3 Å². The van der Waals surface area contributed by atoms with Crippen LogP contribution in [0.5, 0.6) is 5.75 Å². The molecule has 0 aromatic heterocycles. The quantitative estimate of drug-likeness (QED) is 0.714. The summed E-state index contributed by atoms with van der Waals surface area (Å²) in [5.41, 5.74) is 7.84. The summed E-state index contributed by atoms with van der Waals surface area (Å²) in [5.74, 6) is -0.630. The van der Waals surface area contributed by atoms with Crippen LogP contribution >= 0.6 is 27.5 Å². The van der Waals surface area contributed by atoms with E-state index in [1.165, 1.54) is 18.2 Å². The fourth-order valence-electron chi connectivity index (χ4n) is 1.77. The smallest absolute Gasteiger partial charge is 0.259 e. The number of halogens is 2. The first-order chi connectivity index (χ1) is 9.38. The van der Waals surface area contributed by atoms with Crippen molar-refractivity contribution in [1.82, 2.24) is 0 Å². The SMILES string of the molecule is Cc1cc(N)c(NC(=O)c2cc(Cl)ccc2O)c(Br)c1. The zero-order chi connectivity index (χ0) is 14.9.